The van der Waals surface area contributed by atoms with E-state index in [9.17, 15) is 0 Å². The maximum atomic E-state index is 6.21. The van der Waals surface area contributed by atoms with Crippen molar-refractivity contribution in [2.45, 2.75) is 12.5 Å². The summed E-state index contributed by atoms with van der Waals surface area (Å²) in [5.41, 5.74) is 2.28. The van der Waals surface area contributed by atoms with Crippen LogP contribution in [0.4, 0.5) is 0 Å². The van der Waals surface area contributed by atoms with Gasteiger partial charge < -0.3 is 5.32 Å². The summed E-state index contributed by atoms with van der Waals surface area (Å²) < 4.78 is 1.29. The number of hydrogen-bond acceptors (Lipinski definition) is 2. The monoisotopic (exact) mass is 411 g/mol. The molecule has 5 heteroatoms. The Hall–Kier alpha value is 0.190. The smallest absolute Gasteiger partial charge is 0.0656 e. The van der Waals surface area contributed by atoms with Crippen LogP contribution in [-0.4, -0.2) is 7.05 Å². The molecular weight excluding hydrogens is 400 g/mol. The molecule has 0 bridgehead atoms. The van der Waals surface area contributed by atoms with E-state index in [0.29, 0.717) is 0 Å². The highest BCUT2D eigenvalue weighted by Crippen LogP contribution is 2.31. The van der Waals surface area contributed by atoms with Crippen LogP contribution in [0.1, 0.15) is 17.2 Å². The molecule has 1 heterocycles. The van der Waals surface area contributed by atoms with Gasteiger partial charge in [-0.1, -0.05) is 29.3 Å². The van der Waals surface area contributed by atoms with Crippen LogP contribution in [0.5, 0.6) is 0 Å². The highest BCUT2D eigenvalue weighted by Gasteiger charge is 2.15. The van der Waals surface area contributed by atoms with Crippen molar-refractivity contribution >= 4 is 57.1 Å². The lowest BCUT2D eigenvalue weighted by molar-refractivity contribution is 0.594. The van der Waals surface area contributed by atoms with E-state index < -0.39 is 0 Å². The van der Waals surface area contributed by atoms with E-state index in [2.05, 4.69) is 39.4 Å². The third kappa shape index (κ3) is 3.39. The second kappa shape index (κ2) is 6.57. The number of rotatable bonds is 4. The van der Waals surface area contributed by atoms with Crippen molar-refractivity contribution in [3.05, 3.63) is 53.7 Å². The van der Waals surface area contributed by atoms with Gasteiger partial charge in [0.25, 0.3) is 0 Å². The van der Waals surface area contributed by atoms with Crippen LogP contribution in [0, 0.1) is 2.88 Å². The van der Waals surface area contributed by atoms with E-state index in [0.717, 1.165) is 22.0 Å². The summed E-state index contributed by atoms with van der Waals surface area (Å²) in [6.07, 6.45) is 0.793. The lowest BCUT2D eigenvalue weighted by Gasteiger charge is -2.16. The summed E-state index contributed by atoms with van der Waals surface area (Å²) in [5, 5.41) is 6.95. The van der Waals surface area contributed by atoms with Gasteiger partial charge in [0.05, 0.1) is 2.88 Å². The van der Waals surface area contributed by atoms with Gasteiger partial charge in [-0.3, -0.25) is 0 Å². The standard InChI is InChI=1S/C13H12Cl2INS/c1-17-12(8-5-13(16)18-7-8)6-9-10(14)3-2-4-11(9)15/h2-5,7,12,17H,6H2,1H3. The fraction of sp³-hybridized carbons (Fsp3) is 0.231. The summed E-state index contributed by atoms with van der Waals surface area (Å²) in [6, 6.07) is 8.06. The molecule has 96 valence electrons. The molecule has 0 spiro atoms. The van der Waals surface area contributed by atoms with Crippen molar-refractivity contribution < 1.29 is 0 Å². The number of nitrogens with one attached hydrogen (secondary N) is 1. The van der Waals surface area contributed by atoms with E-state index in [1.165, 1.54) is 8.45 Å². The molecule has 18 heavy (non-hydrogen) atoms. The first kappa shape index (κ1) is 14.6. The molecule has 0 amide bonds. The van der Waals surface area contributed by atoms with Gasteiger partial charge >= 0.3 is 0 Å². The Kier molecular flexibility index (Phi) is 5.33. The maximum Gasteiger partial charge on any atom is 0.0656 e. The Morgan fingerprint density at radius 1 is 1.33 bits per heavy atom. The molecule has 2 aromatic rings. The normalized spacial score (nSPS) is 12.7. The minimum atomic E-state index is 0.238. The van der Waals surface area contributed by atoms with Crippen molar-refractivity contribution in [2.24, 2.45) is 0 Å². The molecule has 0 saturated carbocycles. The molecule has 0 radical (unpaired) electrons. The molecule has 1 atom stereocenters. The lowest BCUT2D eigenvalue weighted by atomic mass is 10.0. The Labute approximate surface area is 135 Å². The predicted molar refractivity (Wildman–Crippen MR) is 89.0 cm³/mol. The van der Waals surface area contributed by atoms with Crippen LogP contribution in [0.2, 0.25) is 10.0 Å². The number of halogens is 3. The second-order valence-electron chi connectivity index (χ2n) is 3.93. The van der Waals surface area contributed by atoms with Crippen LogP contribution < -0.4 is 5.32 Å². The van der Waals surface area contributed by atoms with Crippen LogP contribution >= 0.6 is 57.1 Å². The Morgan fingerprint density at radius 2 is 2.00 bits per heavy atom. The van der Waals surface area contributed by atoms with Gasteiger partial charge in [0, 0.05) is 16.1 Å². The zero-order valence-corrected chi connectivity index (χ0v) is 14.2. The fourth-order valence-electron chi connectivity index (χ4n) is 1.82. The third-order valence-corrected chi connectivity index (χ3v) is 5.32. The van der Waals surface area contributed by atoms with Gasteiger partial charge in [-0.25, -0.2) is 0 Å². The molecule has 0 aliphatic heterocycles. The summed E-state index contributed by atoms with van der Waals surface area (Å²) in [6.45, 7) is 0. The summed E-state index contributed by atoms with van der Waals surface area (Å²) in [7, 11) is 1.96. The van der Waals surface area contributed by atoms with Gasteiger partial charge in [0.15, 0.2) is 0 Å². The molecule has 1 unspecified atom stereocenters. The lowest BCUT2D eigenvalue weighted by Crippen LogP contribution is -2.18. The molecule has 0 saturated heterocycles. The molecule has 1 N–H and O–H groups in total. The van der Waals surface area contributed by atoms with Gasteiger partial charge in [0.2, 0.25) is 0 Å². The average molecular weight is 412 g/mol. The number of thiophene rings is 1. The Bertz CT molecular complexity index is 521. The molecule has 0 aliphatic carbocycles. The first-order valence-electron chi connectivity index (χ1n) is 5.46. The molecule has 0 aliphatic rings. The SMILES string of the molecule is CNC(Cc1c(Cl)cccc1Cl)c1csc(I)c1. The molecule has 1 nitrogen and oxygen atoms in total. The summed E-state index contributed by atoms with van der Waals surface area (Å²) in [5.74, 6) is 0. The van der Waals surface area contributed by atoms with Crippen LogP contribution in [-0.2, 0) is 6.42 Å². The number of benzene rings is 1. The first-order chi connectivity index (χ1) is 8.61. The fourth-order valence-corrected chi connectivity index (χ4v) is 3.80. The van der Waals surface area contributed by atoms with E-state index in [-0.39, 0.29) is 6.04 Å². The Morgan fingerprint density at radius 3 is 2.50 bits per heavy atom. The second-order valence-corrected chi connectivity index (χ2v) is 7.55. The number of likely N-dealkylation sites (N-methyl/N-ethyl adjacent to an activating group) is 1. The van der Waals surface area contributed by atoms with E-state index in [1.807, 2.05) is 25.2 Å². The molecule has 0 fully saturated rings. The van der Waals surface area contributed by atoms with Crippen LogP contribution in [0.3, 0.4) is 0 Å². The van der Waals surface area contributed by atoms with Gasteiger partial charge in [0.1, 0.15) is 0 Å². The van der Waals surface area contributed by atoms with Crippen LogP contribution in [0.15, 0.2) is 29.6 Å². The highest BCUT2D eigenvalue weighted by molar-refractivity contribution is 14.1. The van der Waals surface area contributed by atoms with Crippen molar-refractivity contribution in [1.82, 2.24) is 5.32 Å². The molecule has 2 rings (SSSR count). The van der Waals surface area contributed by atoms with E-state index in [1.54, 1.807) is 11.3 Å². The van der Waals surface area contributed by atoms with Crippen molar-refractivity contribution in [3.8, 4) is 0 Å². The minimum Gasteiger partial charge on any atom is -0.313 e. The Balaban J connectivity index is 2.26. The van der Waals surface area contributed by atoms with Gasteiger partial charge in [-0.2, -0.15) is 0 Å². The van der Waals surface area contributed by atoms with Crippen molar-refractivity contribution in [3.63, 3.8) is 0 Å². The maximum absolute atomic E-state index is 6.21. The minimum absolute atomic E-state index is 0.238. The van der Waals surface area contributed by atoms with E-state index in [4.69, 9.17) is 23.2 Å². The first-order valence-corrected chi connectivity index (χ1v) is 8.17. The van der Waals surface area contributed by atoms with E-state index >= 15 is 0 Å². The van der Waals surface area contributed by atoms with Gasteiger partial charge in [-0.15, -0.1) is 11.3 Å². The topological polar surface area (TPSA) is 12.0 Å². The zero-order valence-electron chi connectivity index (χ0n) is 9.71. The molecule has 1 aromatic heterocycles. The average Bonchev–Trinajstić information content (AvgIpc) is 2.76. The number of hydrogen-bond donors (Lipinski definition) is 1. The van der Waals surface area contributed by atoms with Crippen molar-refractivity contribution in [2.75, 3.05) is 7.05 Å². The highest BCUT2D eigenvalue weighted by atomic mass is 127. The third-order valence-electron chi connectivity index (χ3n) is 2.81. The van der Waals surface area contributed by atoms with Crippen LogP contribution in [0.25, 0.3) is 0 Å². The summed E-state index contributed by atoms with van der Waals surface area (Å²) in [4.78, 5) is 0. The van der Waals surface area contributed by atoms with Gasteiger partial charge in [-0.05, 0) is 70.8 Å². The molecular formula is C13H12Cl2INS. The van der Waals surface area contributed by atoms with Crippen molar-refractivity contribution in [1.29, 1.82) is 0 Å². The predicted octanol–water partition coefficient (Wildman–Crippen LogP) is 5.16. The molecule has 1 aromatic carbocycles. The summed E-state index contributed by atoms with van der Waals surface area (Å²) >= 11 is 16.5. The largest absolute Gasteiger partial charge is 0.313 e. The quantitative estimate of drug-likeness (QED) is 0.685. The zero-order chi connectivity index (χ0) is 13.1.